The first-order valence-electron chi connectivity index (χ1n) is 5.66. The summed E-state index contributed by atoms with van der Waals surface area (Å²) in [7, 11) is 1.41. The Morgan fingerprint density at radius 2 is 2.05 bits per heavy atom. The van der Waals surface area contributed by atoms with Crippen molar-refractivity contribution < 1.29 is 14.3 Å². The molecular formula is C14H8Cl2N2O3. The summed E-state index contributed by atoms with van der Waals surface area (Å²) in [6.45, 7) is 0. The van der Waals surface area contributed by atoms with Gasteiger partial charge >= 0.3 is 5.97 Å². The maximum atomic E-state index is 12.0. The van der Waals surface area contributed by atoms with Gasteiger partial charge in [0.2, 0.25) is 0 Å². The Hall–Kier alpha value is -2.29. The summed E-state index contributed by atoms with van der Waals surface area (Å²) in [6, 6.07) is 7.77. The second-order valence-corrected chi connectivity index (χ2v) is 4.63. The predicted octanol–water partition coefficient (Wildman–Crippen LogP) is 3.49. The molecule has 2 aromatic rings. The topological polar surface area (TPSA) is 72.2 Å². The van der Waals surface area contributed by atoms with Gasteiger partial charge in [-0.1, -0.05) is 23.2 Å². The zero-order valence-electron chi connectivity index (χ0n) is 10.8. The average Bonchev–Trinajstić information content (AvgIpc) is 2.50. The van der Waals surface area contributed by atoms with Gasteiger partial charge in [0.05, 0.1) is 29.3 Å². The largest absolute Gasteiger partial charge is 0.493 e. The van der Waals surface area contributed by atoms with E-state index < -0.39 is 5.97 Å². The highest BCUT2D eigenvalue weighted by atomic mass is 35.5. The van der Waals surface area contributed by atoms with Gasteiger partial charge in [-0.2, -0.15) is 5.26 Å². The number of nitriles is 1. The number of pyridine rings is 1. The van der Waals surface area contributed by atoms with E-state index in [1.54, 1.807) is 0 Å². The molecule has 21 heavy (non-hydrogen) atoms. The molecule has 5 nitrogen and oxygen atoms in total. The number of halogens is 2. The highest BCUT2D eigenvalue weighted by Crippen LogP contribution is 2.29. The molecule has 0 radical (unpaired) electrons. The smallest absolute Gasteiger partial charge is 0.345 e. The Bertz CT molecular complexity index is 741. The van der Waals surface area contributed by atoms with E-state index >= 15 is 0 Å². The molecule has 106 valence electrons. The van der Waals surface area contributed by atoms with E-state index in [4.69, 9.17) is 37.9 Å². The van der Waals surface area contributed by atoms with Crippen LogP contribution >= 0.6 is 23.2 Å². The van der Waals surface area contributed by atoms with Gasteiger partial charge in [-0.05, 0) is 18.2 Å². The lowest BCUT2D eigenvalue weighted by atomic mass is 10.2. The first-order valence-corrected chi connectivity index (χ1v) is 6.42. The van der Waals surface area contributed by atoms with E-state index in [0.717, 1.165) is 0 Å². The lowest BCUT2D eigenvalue weighted by Gasteiger charge is -2.09. The lowest BCUT2D eigenvalue weighted by molar-refractivity contribution is 0.0729. The summed E-state index contributed by atoms with van der Waals surface area (Å²) in [5.41, 5.74) is 0.540. The van der Waals surface area contributed by atoms with Gasteiger partial charge in [0, 0.05) is 12.3 Å². The van der Waals surface area contributed by atoms with Crippen LogP contribution in [-0.2, 0) is 0 Å². The van der Waals surface area contributed by atoms with Gasteiger partial charge in [0.1, 0.15) is 5.15 Å². The standard InChI is InChI=1S/C14H8Cl2N2O3/c1-20-12-4-8(6-17)2-3-11(12)21-14(19)9-5-10(15)13(16)18-7-9/h2-5,7H,1H3. The summed E-state index contributed by atoms with van der Waals surface area (Å²) < 4.78 is 10.3. The fraction of sp³-hybridized carbons (Fsp3) is 0.0714. The van der Waals surface area contributed by atoms with Crippen molar-refractivity contribution in [1.82, 2.24) is 4.98 Å². The van der Waals surface area contributed by atoms with E-state index in [-0.39, 0.29) is 27.2 Å². The van der Waals surface area contributed by atoms with Crippen LogP contribution in [0.4, 0.5) is 0 Å². The van der Waals surface area contributed by atoms with Crippen molar-refractivity contribution in [3.63, 3.8) is 0 Å². The molecule has 0 aliphatic heterocycles. The number of hydrogen-bond donors (Lipinski definition) is 0. The molecule has 0 saturated carbocycles. The average molecular weight is 323 g/mol. The molecule has 0 atom stereocenters. The molecule has 0 saturated heterocycles. The van der Waals surface area contributed by atoms with Crippen LogP contribution in [0.25, 0.3) is 0 Å². The Morgan fingerprint density at radius 1 is 1.29 bits per heavy atom. The van der Waals surface area contributed by atoms with Crippen molar-refractivity contribution in [2.24, 2.45) is 0 Å². The van der Waals surface area contributed by atoms with Crippen LogP contribution in [0.5, 0.6) is 11.5 Å². The first kappa shape index (κ1) is 15.1. The van der Waals surface area contributed by atoms with Crippen LogP contribution in [0.1, 0.15) is 15.9 Å². The van der Waals surface area contributed by atoms with Crippen molar-refractivity contribution in [2.75, 3.05) is 7.11 Å². The minimum atomic E-state index is -0.663. The first-order chi connectivity index (χ1) is 10.0. The minimum absolute atomic E-state index is 0.101. The van der Waals surface area contributed by atoms with Crippen molar-refractivity contribution >= 4 is 29.2 Å². The summed E-state index contributed by atoms with van der Waals surface area (Å²) in [5.74, 6) is -0.202. The Balaban J connectivity index is 2.27. The van der Waals surface area contributed by atoms with E-state index in [1.165, 1.54) is 37.6 Å². The Kier molecular flexibility index (Phi) is 4.63. The summed E-state index contributed by atoms with van der Waals surface area (Å²) >= 11 is 11.5. The van der Waals surface area contributed by atoms with Gasteiger partial charge in [0.15, 0.2) is 11.5 Å². The van der Waals surface area contributed by atoms with Gasteiger partial charge in [-0.25, -0.2) is 9.78 Å². The summed E-state index contributed by atoms with van der Waals surface area (Å²) in [6.07, 6.45) is 1.26. The minimum Gasteiger partial charge on any atom is -0.493 e. The third-order valence-electron chi connectivity index (χ3n) is 2.53. The molecule has 1 aromatic heterocycles. The number of benzene rings is 1. The highest BCUT2D eigenvalue weighted by molar-refractivity contribution is 6.41. The summed E-state index contributed by atoms with van der Waals surface area (Å²) in [5, 5.41) is 9.07. The number of esters is 1. The van der Waals surface area contributed by atoms with E-state index in [0.29, 0.717) is 5.56 Å². The SMILES string of the molecule is COc1cc(C#N)ccc1OC(=O)c1cnc(Cl)c(Cl)c1. The predicted molar refractivity (Wildman–Crippen MR) is 76.9 cm³/mol. The monoisotopic (exact) mass is 322 g/mol. The van der Waals surface area contributed by atoms with Gasteiger partial charge in [-0.15, -0.1) is 0 Å². The quantitative estimate of drug-likeness (QED) is 0.491. The maximum Gasteiger partial charge on any atom is 0.345 e. The van der Waals surface area contributed by atoms with Crippen LogP contribution in [0.15, 0.2) is 30.5 Å². The van der Waals surface area contributed by atoms with E-state index in [2.05, 4.69) is 4.98 Å². The normalized spacial score (nSPS) is 9.81. The summed E-state index contributed by atoms with van der Waals surface area (Å²) in [4.78, 5) is 15.8. The zero-order chi connectivity index (χ0) is 15.4. The number of rotatable bonds is 3. The molecule has 0 spiro atoms. The highest BCUT2D eigenvalue weighted by Gasteiger charge is 2.14. The second-order valence-electron chi connectivity index (χ2n) is 3.86. The maximum absolute atomic E-state index is 12.0. The van der Waals surface area contributed by atoms with Crippen molar-refractivity contribution in [3.05, 3.63) is 51.8 Å². The van der Waals surface area contributed by atoms with E-state index in [9.17, 15) is 4.79 Å². The third kappa shape index (κ3) is 3.43. The van der Waals surface area contributed by atoms with Gasteiger partial charge in [-0.3, -0.25) is 0 Å². The zero-order valence-corrected chi connectivity index (χ0v) is 12.3. The van der Waals surface area contributed by atoms with Crippen molar-refractivity contribution in [3.8, 4) is 17.6 Å². The van der Waals surface area contributed by atoms with Gasteiger partial charge in [0.25, 0.3) is 0 Å². The Labute approximate surface area is 130 Å². The second kappa shape index (κ2) is 6.44. The molecule has 7 heteroatoms. The molecule has 0 aliphatic carbocycles. The van der Waals surface area contributed by atoms with Crippen LogP contribution in [0.3, 0.4) is 0 Å². The number of methoxy groups -OCH3 is 1. The number of ether oxygens (including phenoxy) is 2. The molecule has 0 aliphatic rings. The third-order valence-corrected chi connectivity index (χ3v) is 3.21. The van der Waals surface area contributed by atoms with Crippen molar-refractivity contribution in [2.45, 2.75) is 0 Å². The molecular weight excluding hydrogens is 315 g/mol. The molecule has 0 N–H and O–H groups in total. The van der Waals surface area contributed by atoms with Crippen LogP contribution < -0.4 is 9.47 Å². The van der Waals surface area contributed by atoms with Gasteiger partial charge < -0.3 is 9.47 Å². The Morgan fingerprint density at radius 3 is 2.67 bits per heavy atom. The molecule has 0 bridgehead atoms. The number of hydrogen-bond acceptors (Lipinski definition) is 5. The van der Waals surface area contributed by atoms with Crippen molar-refractivity contribution in [1.29, 1.82) is 5.26 Å². The van der Waals surface area contributed by atoms with Crippen LogP contribution in [0.2, 0.25) is 10.2 Å². The lowest BCUT2D eigenvalue weighted by Crippen LogP contribution is -2.10. The number of carbonyl (C=O) groups excluding carboxylic acids is 1. The van der Waals surface area contributed by atoms with E-state index in [1.807, 2.05) is 6.07 Å². The number of carbonyl (C=O) groups is 1. The molecule has 2 rings (SSSR count). The molecule has 0 unspecified atom stereocenters. The molecule has 1 aromatic carbocycles. The fourth-order valence-electron chi connectivity index (χ4n) is 1.51. The molecule has 0 amide bonds. The van der Waals surface area contributed by atoms with Crippen LogP contribution in [0, 0.1) is 11.3 Å². The van der Waals surface area contributed by atoms with Crippen LogP contribution in [-0.4, -0.2) is 18.1 Å². The number of aromatic nitrogens is 1. The molecule has 0 fully saturated rings. The number of nitrogens with zero attached hydrogens (tertiary/aromatic N) is 2. The fourth-order valence-corrected chi connectivity index (χ4v) is 1.78. The molecule has 1 heterocycles.